The second kappa shape index (κ2) is 6.77. The number of nitrogens with zero attached hydrogens (tertiary/aromatic N) is 1. The number of rotatable bonds is 5. The van der Waals surface area contributed by atoms with Crippen molar-refractivity contribution >= 4 is 17.2 Å². The van der Waals surface area contributed by atoms with Crippen LogP contribution in [0.3, 0.4) is 0 Å². The highest BCUT2D eigenvalue weighted by molar-refractivity contribution is 7.11. The van der Waals surface area contributed by atoms with Crippen molar-refractivity contribution in [1.82, 2.24) is 10.2 Å². The average Bonchev–Trinajstić information content (AvgIpc) is 3.23. The van der Waals surface area contributed by atoms with Crippen molar-refractivity contribution in [1.29, 1.82) is 0 Å². The van der Waals surface area contributed by atoms with Crippen LogP contribution in [-0.4, -0.2) is 43.7 Å². The van der Waals surface area contributed by atoms with Gasteiger partial charge in [0.2, 0.25) is 5.91 Å². The van der Waals surface area contributed by atoms with Crippen molar-refractivity contribution in [2.75, 3.05) is 32.8 Å². The predicted octanol–water partition coefficient (Wildman–Crippen LogP) is 2.81. The number of nitrogens with one attached hydrogen (secondary N) is 1. The van der Waals surface area contributed by atoms with E-state index in [0.717, 1.165) is 58.2 Å². The molecule has 1 atom stereocenters. The summed E-state index contributed by atoms with van der Waals surface area (Å²) >= 11 is 1.87. The van der Waals surface area contributed by atoms with Gasteiger partial charge in [-0.25, -0.2) is 0 Å². The molecule has 132 valence electrons. The Bertz CT molecular complexity index is 590. The summed E-state index contributed by atoms with van der Waals surface area (Å²) in [5.74, 6) is 1.15. The average molecular weight is 349 g/mol. The largest absolute Gasteiger partial charge is 0.381 e. The van der Waals surface area contributed by atoms with Gasteiger partial charge in [-0.05, 0) is 50.7 Å². The third-order valence-electron chi connectivity index (χ3n) is 5.96. The second-order valence-corrected chi connectivity index (χ2v) is 9.27. The molecule has 1 aromatic heterocycles. The van der Waals surface area contributed by atoms with E-state index in [9.17, 15) is 4.79 Å². The number of carbonyl (C=O) groups excluding carboxylic acids is 1. The number of hydrogen-bond acceptors (Lipinski definition) is 4. The maximum Gasteiger partial charge on any atom is 0.225 e. The van der Waals surface area contributed by atoms with Crippen molar-refractivity contribution < 1.29 is 9.53 Å². The van der Waals surface area contributed by atoms with Gasteiger partial charge in [0.25, 0.3) is 0 Å². The topological polar surface area (TPSA) is 41.6 Å². The van der Waals surface area contributed by atoms with E-state index in [1.54, 1.807) is 0 Å². The molecule has 1 amide bonds. The summed E-state index contributed by atoms with van der Waals surface area (Å²) in [6.45, 7) is 7.56. The third kappa shape index (κ3) is 3.53. The van der Waals surface area contributed by atoms with E-state index >= 15 is 0 Å². The minimum atomic E-state index is 0.123. The van der Waals surface area contributed by atoms with E-state index < -0.39 is 0 Å². The number of amides is 1. The highest BCUT2D eigenvalue weighted by Crippen LogP contribution is 2.45. The van der Waals surface area contributed by atoms with E-state index in [1.807, 2.05) is 11.3 Å². The maximum absolute atomic E-state index is 12.9. The monoisotopic (exact) mass is 348 g/mol. The van der Waals surface area contributed by atoms with Crippen molar-refractivity contribution in [3.8, 4) is 0 Å². The Morgan fingerprint density at radius 2 is 2.17 bits per heavy atom. The molecule has 1 aliphatic carbocycles. The van der Waals surface area contributed by atoms with Crippen molar-refractivity contribution in [3.63, 3.8) is 0 Å². The molecule has 3 fully saturated rings. The second-order valence-electron chi connectivity index (χ2n) is 7.90. The molecule has 0 radical (unpaired) electrons. The van der Waals surface area contributed by atoms with Crippen LogP contribution in [0, 0.1) is 24.2 Å². The van der Waals surface area contributed by atoms with Gasteiger partial charge < -0.3 is 10.1 Å². The van der Waals surface area contributed by atoms with E-state index in [1.165, 1.54) is 22.6 Å². The van der Waals surface area contributed by atoms with Crippen LogP contribution in [0.5, 0.6) is 0 Å². The predicted molar refractivity (Wildman–Crippen MR) is 96.0 cm³/mol. The van der Waals surface area contributed by atoms with Gasteiger partial charge in [-0.3, -0.25) is 9.69 Å². The van der Waals surface area contributed by atoms with Gasteiger partial charge >= 0.3 is 0 Å². The maximum atomic E-state index is 12.9. The van der Waals surface area contributed by atoms with Crippen LogP contribution < -0.4 is 5.32 Å². The van der Waals surface area contributed by atoms with E-state index in [2.05, 4.69) is 29.3 Å². The Morgan fingerprint density at radius 1 is 1.38 bits per heavy atom. The van der Waals surface area contributed by atoms with E-state index in [-0.39, 0.29) is 17.2 Å². The zero-order chi connectivity index (χ0) is 16.6. The first-order valence-electron chi connectivity index (χ1n) is 9.28. The summed E-state index contributed by atoms with van der Waals surface area (Å²) in [6.07, 6.45) is 4.62. The highest BCUT2D eigenvalue weighted by Gasteiger charge is 2.50. The highest BCUT2D eigenvalue weighted by atomic mass is 32.1. The van der Waals surface area contributed by atoms with E-state index in [4.69, 9.17) is 4.74 Å². The van der Waals surface area contributed by atoms with Gasteiger partial charge in [0, 0.05) is 54.6 Å². The van der Waals surface area contributed by atoms with Crippen LogP contribution in [0.25, 0.3) is 0 Å². The summed E-state index contributed by atoms with van der Waals surface area (Å²) in [6, 6.07) is 4.43. The molecular formula is C19H28N2O2S. The molecule has 1 N–H and O–H groups in total. The van der Waals surface area contributed by atoms with Gasteiger partial charge in [0.05, 0.1) is 5.92 Å². The standard InChI is InChI=1S/C19H28N2O2S/c1-14-2-5-16(24-14)11-21-12-17(18(22)20-10-15-3-4-15)19(13-21)6-8-23-9-7-19/h2,5,15,17H,3-4,6-13H2,1H3,(H,20,22). The van der Waals surface area contributed by atoms with Crippen molar-refractivity contribution in [2.24, 2.45) is 17.3 Å². The van der Waals surface area contributed by atoms with Crippen LogP contribution >= 0.6 is 11.3 Å². The van der Waals surface area contributed by atoms with Gasteiger partial charge in [0.15, 0.2) is 0 Å². The summed E-state index contributed by atoms with van der Waals surface area (Å²) in [5.41, 5.74) is 0.123. The fourth-order valence-corrected chi connectivity index (χ4v) is 5.25. The Hall–Kier alpha value is -0.910. The number of hydrogen-bond donors (Lipinski definition) is 1. The van der Waals surface area contributed by atoms with Crippen LogP contribution in [0.2, 0.25) is 0 Å². The lowest BCUT2D eigenvalue weighted by Gasteiger charge is -2.37. The smallest absolute Gasteiger partial charge is 0.225 e. The summed E-state index contributed by atoms with van der Waals surface area (Å²) in [7, 11) is 0. The number of ether oxygens (including phenoxy) is 1. The first kappa shape index (κ1) is 16.6. The molecule has 2 aliphatic heterocycles. The fourth-order valence-electron chi connectivity index (χ4n) is 4.32. The fraction of sp³-hybridized carbons (Fsp3) is 0.737. The number of aryl methyl sites for hydroxylation is 1. The molecule has 4 rings (SSSR count). The minimum Gasteiger partial charge on any atom is -0.381 e. The molecule has 3 aliphatic rings. The van der Waals surface area contributed by atoms with Crippen LogP contribution in [-0.2, 0) is 16.1 Å². The Morgan fingerprint density at radius 3 is 2.83 bits per heavy atom. The first-order chi connectivity index (χ1) is 11.6. The van der Waals surface area contributed by atoms with Crippen molar-refractivity contribution in [3.05, 3.63) is 21.9 Å². The van der Waals surface area contributed by atoms with Crippen LogP contribution in [0.1, 0.15) is 35.4 Å². The SMILES string of the molecule is Cc1ccc(CN2CC(C(=O)NCC3CC3)C3(CCOCC3)C2)s1. The van der Waals surface area contributed by atoms with E-state index in [0.29, 0.717) is 0 Å². The van der Waals surface area contributed by atoms with Gasteiger partial charge in [-0.1, -0.05) is 0 Å². The molecule has 2 saturated heterocycles. The molecular weight excluding hydrogens is 320 g/mol. The van der Waals surface area contributed by atoms with Crippen molar-refractivity contribution in [2.45, 2.75) is 39.2 Å². The lowest BCUT2D eigenvalue weighted by molar-refractivity contribution is -0.129. The normalized spacial score (nSPS) is 26.8. The first-order valence-corrected chi connectivity index (χ1v) is 10.1. The molecule has 1 aromatic rings. The van der Waals surface area contributed by atoms with Crippen LogP contribution in [0.15, 0.2) is 12.1 Å². The summed E-state index contributed by atoms with van der Waals surface area (Å²) in [4.78, 5) is 18.2. The van der Waals surface area contributed by atoms with Gasteiger partial charge in [0.1, 0.15) is 0 Å². The Balaban J connectivity index is 1.45. The third-order valence-corrected chi connectivity index (χ3v) is 6.95. The minimum absolute atomic E-state index is 0.123. The lowest BCUT2D eigenvalue weighted by atomic mass is 9.71. The Kier molecular flexibility index (Phi) is 4.67. The summed E-state index contributed by atoms with van der Waals surface area (Å²) in [5, 5.41) is 3.24. The van der Waals surface area contributed by atoms with Crippen LogP contribution in [0.4, 0.5) is 0 Å². The molecule has 0 bridgehead atoms. The summed E-state index contributed by atoms with van der Waals surface area (Å²) < 4.78 is 5.60. The lowest BCUT2D eigenvalue weighted by Crippen LogP contribution is -2.44. The number of carbonyl (C=O) groups is 1. The zero-order valence-corrected chi connectivity index (χ0v) is 15.4. The molecule has 0 aromatic carbocycles. The molecule has 1 unspecified atom stereocenters. The molecule has 5 heteroatoms. The molecule has 1 spiro atoms. The van der Waals surface area contributed by atoms with Gasteiger partial charge in [-0.15, -0.1) is 11.3 Å². The molecule has 3 heterocycles. The number of thiophene rings is 1. The van der Waals surface area contributed by atoms with Gasteiger partial charge in [-0.2, -0.15) is 0 Å². The molecule has 1 saturated carbocycles. The number of likely N-dealkylation sites (tertiary alicyclic amines) is 1. The molecule has 24 heavy (non-hydrogen) atoms. The zero-order valence-electron chi connectivity index (χ0n) is 14.6. The Labute approximate surface area is 148 Å². The molecule has 4 nitrogen and oxygen atoms in total. The quantitative estimate of drug-likeness (QED) is 0.890.